The number of ketones is 1. The van der Waals surface area contributed by atoms with Gasteiger partial charge in [0, 0.05) is 18.8 Å². The standard InChI is InChI=1S/C9H9N3O/c1-7(3-10)2-9(13)8-4-11-6-12-5-8/h4-7H,2H2,1H3. The van der Waals surface area contributed by atoms with E-state index in [4.69, 9.17) is 5.26 Å². The highest BCUT2D eigenvalue weighted by molar-refractivity contribution is 5.95. The third-order valence-electron chi connectivity index (χ3n) is 1.59. The first kappa shape index (κ1) is 9.33. The molecule has 1 unspecified atom stereocenters. The molecule has 66 valence electrons. The Hall–Kier alpha value is -1.76. The monoisotopic (exact) mass is 175 g/mol. The van der Waals surface area contributed by atoms with E-state index < -0.39 is 0 Å². The lowest BCUT2D eigenvalue weighted by Crippen LogP contribution is -2.05. The minimum atomic E-state index is -0.257. The van der Waals surface area contributed by atoms with Crippen molar-refractivity contribution in [3.8, 4) is 6.07 Å². The Kier molecular flexibility index (Phi) is 3.09. The smallest absolute Gasteiger partial charge is 0.167 e. The maximum Gasteiger partial charge on any atom is 0.167 e. The van der Waals surface area contributed by atoms with Gasteiger partial charge in [-0.05, 0) is 6.92 Å². The van der Waals surface area contributed by atoms with E-state index in [1.165, 1.54) is 18.7 Å². The molecular weight excluding hydrogens is 166 g/mol. The molecule has 0 radical (unpaired) electrons. The van der Waals surface area contributed by atoms with Crippen LogP contribution in [0.25, 0.3) is 0 Å². The van der Waals surface area contributed by atoms with Crippen LogP contribution in [0.4, 0.5) is 0 Å². The van der Waals surface area contributed by atoms with E-state index >= 15 is 0 Å². The molecular formula is C9H9N3O. The van der Waals surface area contributed by atoms with Gasteiger partial charge in [0.2, 0.25) is 0 Å². The summed E-state index contributed by atoms with van der Waals surface area (Å²) in [6.07, 6.45) is 4.51. The van der Waals surface area contributed by atoms with Gasteiger partial charge in [-0.2, -0.15) is 5.26 Å². The largest absolute Gasteiger partial charge is 0.294 e. The summed E-state index contributed by atoms with van der Waals surface area (Å²) in [5.74, 6) is -0.345. The van der Waals surface area contributed by atoms with E-state index in [1.54, 1.807) is 6.92 Å². The molecule has 1 atom stereocenters. The van der Waals surface area contributed by atoms with E-state index in [9.17, 15) is 4.79 Å². The Morgan fingerprint density at radius 1 is 1.62 bits per heavy atom. The molecule has 4 nitrogen and oxygen atoms in total. The van der Waals surface area contributed by atoms with Gasteiger partial charge in [-0.25, -0.2) is 9.97 Å². The number of nitrogens with zero attached hydrogens (tertiary/aromatic N) is 3. The number of carbonyl (C=O) groups excluding carboxylic acids is 1. The number of nitriles is 1. The van der Waals surface area contributed by atoms with Crippen LogP contribution in [-0.2, 0) is 0 Å². The summed E-state index contributed by atoms with van der Waals surface area (Å²) >= 11 is 0. The molecule has 0 fully saturated rings. The van der Waals surface area contributed by atoms with Crippen molar-refractivity contribution in [2.75, 3.05) is 0 Å². The Morgan fingerprint density at radius 3 is 2.77 bits per heavy atom. The molecule has 0 bridgehead atoms. The van der Waals surface area contributed by atoms with Crippen molar-refractivity contribution in [3.63, 3.8) is 0 Å². The van der Waals surface area contributed by atoms with Gasteiger partial charge in [-0.1, -0.05) is 0 Å². The molecule has 13 heavy (non-hydrogen) atoms. The molecule has 0 aliphatic rings. The molecule has 1 aromatic rings. The van der Waals surface area contributed by atoms with Gasteiger partial charge in [0.25, 0.3) is 0 Å². The molecule has 1 aromatic heterocycles. The first-order chi connectivity index (χ1) is 6.24. The third-order valence-corrected chi connectivity index (χ3v) is 1.59. The highest BCUT2D eigenvalue weighted by atomic mass is 16.1. The average Bonchev–Trinajstić information content (AvgIpc) is 2.19. The number of rotatable bonds is 3. The molecule has 1 heterocycles. The van der Waals surface area contributed by atoms with Crippen LogP contribution in [0, 0.1) is 17.2 Å². The van der Waals surface area contributed by atoms with Gasteiger partial charge in [-0.3, -0.25) is 4.79 Å². The lowest BCUT2D eigenvalue weighted by atomic mass is 10.0. The van der Waals surface area contributed by atoms with E-state index in [2.05, 4.69) is 9.97 Å². The quantitative estimate of drug-likeness (QED) is 0.647. The highest BCUT2D eigenvalue weighted by Crippen LogP contribution is 2.06. The van der Waals surface area contributed by atoms with Crippen LogP contribution in [0.3, 0.4) is 0 Å². The average molecular weight is 175 g/mol. The minimum Gasteiger partial charge on any atom is -0.294 e. The number of aromatic nitrogens is 2. The zero-order valence-corrected chi connectivity index (χ0v) is 7.27. The van der Waals surface area contributed by atoms with Gasteiger partial charge < -0.3 is 0 Å². The van der Waals surface area contributed by atoms with E-state index in [0.717, 1.165) is 0 Å². The molecule has 0 aliphatic carbocycles. The Bertz CT molecular complexity index is 328. The summed E-state index contributed by atoms with van der Waals surface area (Å²) in [7, 11) is 0. The van der Waals surface area contributed by atoms with Crippen molar-refractivity contribution in [3.05, 3.63) is 24.3 Å². The normalized spacial score (nSPS) is 11.7. The second-order valence-electron chi connectivity index (χ2n) is 2.78. The van der Waals surface area contributed by atoms with Crippen molar-refractivity contribution < 1.29 is 4.79 Å². The summed E-state index contributed by atoms with van der Waals surface area (Å²) in [5.41, 5.74) is 0.463. The van der Waals surface area contributed by atoms with E-state index in [1.807, 2.05) is 6.07 Å². The van der Waals surface area contributed by atoms with Crippen molar-refractivity contribution in [2.45, 2.75) is 13.3 Å². The molecule has 0 aromatic carbocycles. The molecule has 1 rings (SSSR count). The van der Waals surface area contributed by atoms with Crippen LogP contribution in [0.1, 0.15) is 23.7 Å². The van der Waals surface area contributed by atoms with Gasteiger partial charge in [-0.15, -0.1) is 0 Å². The second kappa shape index (κ2) is 4.31. The lowest BCUT2D eigenvalue weighted by molar-refractivity contribution is 0.0972. The van der Waals surface area contributed by atoms with Crippen LogP contribution >= 0.6 is 0 Å². The summed E-state index contributed by atoms with van der Waals surface area (Å²) < 4.78 is 0. The fourth-order valence-electron chi connectivity index (χ4n) is 0.885. The molecule has 0 spiro atoms. The molecule has 4 heteroatoms. The molecule has 0 N–H and O–H groups in total. The van der Waals surface area contributed by atoms with Gasteiger partial charge >= 0.3 is 0 Å². The Morgan fingerprint density at radius 2 is 2.23 bits per heavy atom. The second-order valence-corrected chi connectivity index (χ2v) is 2.78. The van der Waals surface area contributed by atoms with Crippen LogP contribution in [0.5, 0.6) is 0 Å². The maximum absolute atomic E-state index is 11.4. The van der Waals surface area contributed by atoms with Crippen molar-refractivity contribution in [1.29, 1.82) is 5.26 Å². The fourth-order valence-corrected chi connectivity index (χ4v) is 0.885. The zero-order valence-electron chi connectivity index (χ0n) is 7.27. The first-order valence-corrected chi connectivity index (χ1v) is 3.92. The summed E-state index contributed by atoms with van der Waals surface area (Å²) in [4.78, 5) is 18.8. The predicted molar refractivity (Wildman–Crippen MR) is 45.8 cm³/mol. The zero-order chi connectivity index (χ0) is 9.68. The number of hydrogen-bond acceptors (Lipinski definition) is 4. The van der Waals surface area contributed by atoms with Crippen molar-refractivity contribution >= 4 is 5.78 Å². The third kappa shape index (κ3) is 2.64. The molecule has 0 saturated heterocycles. The summed E-state index contributed by atoms with van der Waals surface area (Å²) in [6, 6.07) is 2.00. The maximum atomic E-state index is 11.4. The van der Waals surface area contributed by atoms with Gasteiger partial charge in [0.15, 0.2) is 5.78 Å². The minimum absolute atomic E-state index is 0.0883. The van der Waals surface area contributed by atoms with E-state index in [-0.39, 0.29) is 18.1 Å². The molecule has 0 amide bonds. The van der Waals surface area contributed by atoms with Gasteiger partial charge in [0.05, 0.1) is 17.6 Å². The summed E-state index contributed by atoms with van der Waals surface area (Å²) in [6.45, 7) is 1.71. The van der Waals surface area contributed by atoms with E-state index in [0.29, 0.717) is 5.56 Å². The Labute approximate surface area is 76.2 Å². The fraction of sp³-hybridized carbons (Fsp3) is 0.333. The van der Waals surface area contributed by atoms with Crippen LogP contribution < -0.4 is 0 Å². The highest BCUT2D eigenvalue weighted by Gasteiger charge is 2.10. The SMILES string of the molecule is CC(C#N)CC(=O)c1cncnc1. The topological polar surface area (TPSA) is 66.6 Å². The summed E-state index contributed by atoms with van der Waals surface area (Å²) in [5, 5.41) is 8.50. The number of carbonyl (C=O) groups is 1. The lowest BCUT2D eigenvalue weighted by Gasteiger charge is -1.99. The van der Waals surface area contributed by atoms with Crippen molar-refractivity contribution in [1.82, 2.24) is 9.97 Å². The van der Waals surface area contributed by atoms with Gasteiger partial charge in [0.1, 0.15) is 6.33 Å². The van der Waals surface area contributed by atoms with Crippen LogP contribution in [0.15, 0.2) is 18.7 Å². The van der Waals surface area contributed by atoms with Crippen LogP contribution in [-0.4, -0.2) is 15.8 Å². The number of Topliss-reactive ketones (excluding diaryl/α,β-unsaturated/α-hetero) is 1. The Balaban J connectivity index is 2.66. The van der Waals surface area contributed by atoms with Crippen LogP contribution in [0.2, 0.25) is 0 Å². The van der Waals surface area contributed by atoms with Crippen molar-refractivity contribution in [2.24, 2.45) is 5.92 Å². The first-order valence-electron chi connectivity index (χ1n) is 3.92. The predicted octanol–water partition coefficient (Wildman–Crippen LogP) is 1.21. The number of hydrogen-bond donors (Lipinski definition) is 0. The molecule has 0 saturated carbocycles. The molecule has 0 aliphatic heterocycles.